The summed E-state index contributed by atoms with van der Waals surface area (Å²) in [6.45, 7) is 3.14. The quantitative estimate of drug-likeness (QED) is 0.435. The van der Waals surface area contributed by atoms with Gasteiger partial charge in [0.25, 0.3) is 0 Å². The van der Waals surface area contributed by atoms with Gasteiger partial charge in [0.1, 0.15) is 0 Å². The first-order valence-corrected chi connectivity index (χ1v) is 2.15. The van der Waals surface area contributed by atoms with E-state index in [0.717, 1.165) is 0 Å². The van der Waals surface area contributed by atoms with Gasteiger partial charge in [-0.15, -0.1) is 0 Å². The topological polar surface area (TPSA) is 55.1 Å². The van der Waals surface area contributed by atoms with Crippen molar-refractivity contribution in [2.45, 2.75) is 20.0 Å². The lowest BCUT2D eigenvalue weighted by molar-refractivity contribution is -0.119. The number of carbonyl (C=O) groups is 1. The maximum Gasteiger partial charge on any atom is 0.218 e. The summed E-state index contributed by atoms with van der Waals surface area (Å²) in [5, 5.41) is 2.44. The summed E-state index contributed by atoms with van der Waals surface area (Å²) in [5.41, 5.74) is 5.16. The van der Waals surface area contributed by atoms with Gasteiger partial charge in [0.05, 0.1) is 6.17 Å². The predicted octanol–water partition coefficient (Wildman–Crippen LogP) is -0.573. The van der Waals surface area contributed by atoms with Crippen molar-refractivity contribution in [1.29, 1.82) is 0 Å². The van der Waals surface area contributed by atoms with Gasteiger partial charge in [-0.2, -0.15) is 0 Å². The Morgan fingerprint density at radius 1 is 1.86 bits per heavy atom. The van der Waals surface area contributed by atoms with Gasteiger partial charge in [0.2, 0.25) is 5.91 Å². The molecule has 0 fully saturated rings. The third-order valence-corrected chi connectivity index (χ3v) is 0.431. The van der Waals surface area contributed by atoms with E-state index < -0.39 is 0 Å². The zero-order valence-corrected chi connectivity index (χ0v) is 4.56. The Kier molecular flexibility index (Phi) is 2.37. The highest BCUT2D eigenvalue weighted by atomic mass is 16.1. The van der Waals surface area contributed by atoms with Gasteiger partial charge in [-0.1, -0.05) is 0 Å². The second kappa shape index (κ2) is 2.58. The van der Waals surface area contributed by atoms with Gasteiger partial charge in [0.15, 0.2) is 0 Å². The van der Waals surface area contributed by atoms with Gasteiger partial charge in [-0.05, 0) is 6.92 Å². The summed E-state index contributed by atoms with van der Waals surface area (Å²) in [7, 11) is 0. The molecule has 1 amide bonds. The first-order valence-electron chi connectivity index (χ1n) is 2.15. The normalized spacial score (nSPS) is 13.0. The lowest BCUT2D eigenvalue weighted by Gasteiger charge is -2.02. The molecule has 3 nitrogen and oxygen atoms in total. The fourth-order valence-electron chi connectivity index (χ4n) is 0.321. The van der Waals surface area contributed by atoms with E-state index in [1.165, 1.54) is 6.92 Å². The summed E-state index contributed by atoms with van der Waals surface area (Å²) < 4.78 is 0. The molecule has 1 unspecified atom stereocenters. The fourth-order valence-corrected chi connectivity index (χ4v) is 0.321. The summed E-state index contributed by atoms with van der Waals surface area (Å²) >= 11 is 0. The fraction of sp³-hybridized carbons (Fsp3) is 0.750. The van der Waals surface area contributed by atoms with E-state index >= 15 is 0 Å². The Hall–Kier alpha value is -0.570. The number of carbonyl (C=O) groups excluding carboxylic acids is 1. The van der Waals surface area contributed by atoms with Gasteiger partial charge < -0.3 is 11.1 Å². The van der Waals surface area contributed by atoms with Crippen molar-refractivity contribution in [3.8, 4) is 0 Å². The highest BCUT2D eigenvalue weighted by Gasteiger charge is 1.91. The highest BCUT2D eigenvalue weighted by Crippen LogP contribution is 1.63. The molecule has 7 heavy (non-hydrogen) atoms. The molecule has 3 N–H and O–H groups in total. The van der Waals surface area contributed by atoms with Crippen LogP contribution < -0.4 is 11.1 Å². The van der Waals surface area contributed by atoms with Gasteiger partial charge in [-0.25, -0.2) is 0 Å². The SMILES string of the molecule is CC(=O)NC(C)N. The molecule has 0 aromatic carbocycles. The minimum absolute atomic E-state index is 0.0880. The van der Waals surface area contributed by atoms with Gasteiger partial charge in [0, 0.05) is 6.92 Å². The van der Waals surface area contributed by atoms with Crippen LogP contribution in [-0.4, -0.2) is 12.1 Å². The van der Waals surface area contributed by atoms with E-state index in [1.54, 1.807) is 6.92 Å². The Labute approximate surface area is 42.9 Å². The van der Waals surface area contributed by atoms with Crippen LogP contribution in [0.4, 0.5) is 0 Å². The molecule has 0 aromatic rings. The standard InChI is InChI=1S/C4H10N2O/c1-3(5)6-4(2)7/h3H,5H2,1-2H3,(H,6,7). The van der Waals surface area contributed by atoms with Crippen LogP contribution in [0.25, 0.3) is 0 Å². The van der Waals surface area contributed by atoms with Crippen LogP contribution in [0.1, 0.15) is 13.8 Å². The smallest absolute Gasteiger partial charge is 0.218 e. The molecule has 0 heterocycles. The predicted molar refractivity (Wildman–Crippen MR) is 27.5 cm³/mol. The highest BCUT2D eigenvalue weighted by molar-refractivity contribution is 5.72. The molecule has 0 aliphatic carbocycles. The van der Waals surface area contributed by atoms with E-state index in [-0.39, 0.29) is 12.1 Å². The monoisotopic (exact) mass is 102 g/mol. The largest absolute Gasteiger partial charge is 0.342 e. The molecule has 0 aliphatic heterocycles. The number of rotatable bonds is 1. The molecule has 0 rings (SSSR count). The third-order valence-electron chi connectivity index (χ3n) is 0.431. The lowest BCUT2D eigenvalue weighted by atomic mass is 10.5. The average Bonchev–Trinajstić information content (AvgIpc) is 1.27. The van der Waals surface area contributed by atoms with E-state index in [1.807, 2.05) is 0 Å². The molecule has 0 saturated carbocycles. The molecule has 0 aromatic heterocycles. The number of hydrogen-bond donors (Lipinski definition) is 2. The molecule has 0 aliphatic rings. The molecule has 0 bridgehead atoms. The molecule has 0 spiro atoms. The zero-order chi connectivity index (χ0) is 5.86. The van der Waals surface area contributed by atoms with Crippen LogP contribution in [0.3, 0.4) is 0 Å². The first-order chi connectivity index (χ1) is 3.13. The Balaban J connectivity index is 3.13. The lowest BCUT2D eigenvalue weighted by Crippen LogP contribution is -2.37. The first kappa shape index (κ1) is 6.43. The van der Waals surface area contributed by atoms with E-state index in [2.05, 4.69) is 5.32 Å². The molecule has 42 valence electrons. The van der Waals surface area contributed by atoms with Crippen LogP contribution in [-0.2, 0) is 4.79 Å². The number of nitrogens with two attached hydrogens (primary N) is 1. The second-order valence-corrected chi connectivity index (χ2v) is 1.49. The van der Waals surface area contributed by atoms with Crippen LogP contribution in [0.15, 0.2) is 0 Å². The van der Waals surface area contributed by atoms with E-state index in [4.69, 9.17) is 5.73 Å². The number of nitrogens with one attached hydrogen (secondary N) is 1. The van der Waals surface area contributed by atoms with Crippen molar-refractivity contribution in [2.75, 3.05) is 0 Å². The summed E-state index contributed by atoms with van der Waals surface area (Å²) in [4.78, 5) is 10.1. The number of amides is 1. The number of hydrogen-bond acceptors (Lipinski definition) is 2. The van der Waals surface area contributed by atoms with Crippen LogP contribution >= 0.6 is 0 Å². The summed E-state index contributed by atoms with van der Waals surface area (Å²) in [6.07, 6.45) is -0.225. The van der Waals surface area contributed by atoms with Crippen LogP contribution in [0.5, 0.6) is 0 Å². The third kappa shape index (κ3) is 5.43. The Morgan fingerprint density at radius 3 is 2.29 bits per heavy atom. The summed E-state index contributed by atoms with van der Waals surface area (Å²) in [5.74, 6) is -0.0880. The van der Waals surface area contributed by atoms with Crippen LogP contribution in [0, 0.1) is 0 Å². The maximum atomic E-state index is 10.1. The van der Waals surface area contributed by atoms with Crippen molar-refractivity contribution < 1.29 is 4.79 Å². The molecular weight excluding hydrogens is 92.1 g/mol. The summed E-state index contributed by atoms with van der Waals surface area (Å²) in [6, 6.07) is 0. The molecule has 0 radical (unpaired) electrons. The molecule has 1 atom stereocenters. The minimum atomic E-state index is -0.225. The van der Waals surface area contributed by atoms with Crippen molar-refractivity contribution in [3.05, 3.63) is 0 Å². The van der Waals surface area contributed by atoms with E-state index in [9.17, 15) is 4.79 Å². The van der Waals surface area contributed by atoms with Gasteiger partial charge in [-0.3, -0.25) is 4.79 Å². The maximum absolute atomic E-state index is 10.1. The molecular formula is C4H10N2O. The van der Waals surface area contributed by atoms with Gasteiger partial charge >= 0.3 is 0 Å². The van der Waals surface area contributed by atoms with Crippen molar-refractivity contribution in [3.63, 3.8) is 0 Å². The molecule has 3 heteroatoms. The average molecular weight is 102 g/mol. The Morgan fingerprint density at radius 2 is 2.29 bits per heavy atom. The van der Waals surface area contributed by atoms with Crippen molar-refractivity contribution in [1.82, 2.24) is 5.32 Å². The van der Waals surface area contributed by atoms with Crippen molar-refractivity contribution >= 4 is 5.91 Å². The Bertz CT molecular complexity index is 70.1. The van der Waals surface area contributed by atoms with Crippen LogP contribution in [0.2, 0.25) is 0 Å². The van der Waals surface area contributed by atoms with Crippen molar-refractivity contribution in [2.24, 2.45) is 5.73 Å². The zero-order valence-electron chi connectivity index (χ0n) is 4.56. The van der Waals surface area contributed by atoms with E-state index in [0.29, 0.717) is 0 Å². The second-order valence-electron chi connectivity index (χ2n) is 1.49. The minimum Gasteiger partial charge on any atom is -0.342 e. The molecule has 0 saturated heterocycles.